The van der Waals surface area contributed by atoms with Crippen molar-refractivity contribution in [2.45, 2.75) is 20.5 Å². The predicted molar refractivity (Wildman–Crippen MR) is 73.3 cm³/mol. The van der Waals surface area contributed by atoms with Crippen molar-refractivity contribution in [3.05, 3.63) is 59.7 Å². The zero-order chi connectivity index (χ0) is 13.7. The van der Waals surface area contributed by atoms with Crippen LogP contribution in [0.3, 0.4) is 0 Å². The highest BCUT2D eigenvalue weighted by atomic mass is 16.5. The molecule has 0 heterocycles. The fourth-order valence-corrected chi connectivity index (χ4v) is 1.76. The topological polar surface area (TPSA) is 35.5 Å². The van der Waals surface area contributed by atoms with E-state index in [1.807, 2.05) is 43.3 Å². The van der Waals surface area contributed by atoms with Gasteiger partial charge in [0.2, 0.25) is 0 Å². The van der Waals surface area contributed by atoms with E-state index in [4.69, 9.17) is 9.47 Å². The predicted octanol–water partition coefficient (Wildman–Crippen LogP) is 3.50. The maximum atomic E-state index is 11.0. The third kappa shape index (κ3) is 4.14. The largest absolute Gasteiger partial charge is 0.489 e. The zero-order valence-electron chi connectivity index (χ0n) is 11.1. The lowest BCUT2D eigenvalue weighted by atomic mass is 10.2. The van der Waals surface area contributed by atoms with E-state index in [-0.39, 0.29) is 5.97 Å². The van der Waals surface area contributed by atoms with Crippen molar-refractivity contribution < 1.29 is 14.3 Å². The third-order valence-corrected chi connectivity index (χ3v) is 2.53. The molecule has 0 atom stereocenters. The molecule has 0 fully saturated rings. The van der Waals surface area contributed by atoms with Crippen LogP contribution in [0, 0.1) is 6.92 Å². The Hall–Kier alpha value is -2.29. The molecule has 0 spiro atoms. The number of carbonyl (C=O) groups excluding carboxylic acids is 1. The van der Waals surface area contributed by atoms with Gasteiger partial charge in [-0.1, -0.05) is 30.3 Å². The van der Waals surface area contributed by atoms with Gasteiger partial charge in [-0.15, -0.1) is 0 Å². The Morgan fingerprint density at radius 3 is 2.42 bits per heavy atom. The number of carbonyl (C=O) groups is 1. The average molecular weight is 256 g/mol. The quantitative estimate of drug-likeness (QED) is 0.620. The second kappa shape index (κ2) is 6.05. The Balaban J connectivity index is 2.07. The molecule has 98 valence electrons. The van der Waals surface area contributed by atoms with E-state index < -0.39 is 0 Å². The van der Waals surface area contributed by atoms with Crippen LogP contribution in [-0.4, -0.2) is 5.97 Å². The molecule has 2 aromatic carbocycles. The van der Waals surface area contributed by atoms with Crippen LogP contribution in [0.5, 0.6) is 11.5 Å². The minimum atomic E-state index is -0.334. The number of ether oxygens (including phenoxy) is 2. The Morgan fingerprint density at radius 1 is 1.05 bits per heavy atom. The van der Waals surface area contributed by atoms with Crippen molar-refractivity contribution in [3.63, 3.8) is 0 Å². The summed E-state index contributed by atoms with van der Waals surface area (Å²) in [4.78, 5) is 11.0. The van der Waals surface area contributed by atoms with Crippen molar-refractivity contribution in [2.24, 2.45) is 0 Å². The van der Waals surface area contributed by atoms with Crippen LogP contribution in [0.2, 0.25) is 0 Å². The summed E-state index contributed by atoms with van der Waals surface area (Å²) in [6.07, 6.45) is 0. The van der Waals surface area contributed by atoms with Gasteiger partial charge >= 0.3 is 5.97 Å². The monoisotopic (exact) mass is 256 g/mol. The Bertz CT molecular complexity index is 561. The van der Waals surface area contributed by atoms with Crippen molar-refractivity contribution in [1.82, 2.24) is 0 Å². The first-order chi connectivity index (χ1) is 9.13. The van der Waals surface area contributed by atoms with Gasteiger partial charge in [0.1, 0.15) is 18.1 Å². The molecule has 0 radical (unpaired) electrons. The molecule has 3 heteroatoms. The second-order valence-corrected chi connectivity index (χ2v) is 4.35. The molecule has 19 heavy (non-hydrogen) atoms. The maximum Gasteiger partial charge on any atom is 0.308 e. The van der Waals surface area contributed by atoms with Gasteiger partial charge in [-0.2, -0.15) is 0 Å². The van der Waals surface area contributed by atoms with Crippen LogP contribution in [0.1, 0.15) is 18.1 Å². The summed E-state index contributed by atoms with van der Waals surface area (Å²) in [6.45, 7) is 3.80. The Morgan fingerprint density at radius 2 is 1.74 bits per heavy atom. The molecule has 0 saturated carbocycles. The molecule has 0 unspecified atom stereocenters. The number of rotatable bonds is 4. The van der Waals surface area contributed by atoms with Crippen LogP contribution in [0.25, 0.3) is 0 Å². The highest BCUT2D eigenvalue weighted by Crippen LogP contribution is 2.23. The summed E-state index contributed by atoms with van der Waals surface area (Å²) in [6, 6.07) is 15.4. The van der Waals surface area contributed by atoms with E-state index in [0.717, 1.165) is 11.1 Å². The minimum Gasteiger partial charge on any atom is -0.489 e. The zero-order valence-corrected chi connectivity index (χ0v) is 11.1. The lowest BCUT2D eigenvalue weighted by Gasteiger charge is -2.09. The highest BCUT2D eigenvalue weighted by molar-refractivity contribution is 5.69. The molecule has 2 rings (SSSR count). The molecule has 0 aromatic heterocycles. The molecule has 0 bridgehead atoms. The number of esters is 1. The summed E-state index contributed by atoms with van der Waals surface area (Å²) in [5, 5.41) is 0. The molecule has 0 aliphatic carbocycles. The lowest BCUT2D eigenvalue weighted by molar-refractivity contribution is -0.131. The summed E-state index contributed by atoms with van der Waals surface area (Å²) < 4.78 is 10.8. The number of hydrogen-bond donors (Lipinski definition) is 0. The van der Waals surface area contributed by atoms with Crippen LogP contribution in [-0.2, 0) is 11.4 Å². The fraction of sp³-hybridized carbons (Fsp3) is 0.188. The van der Waals surface area contributed by atoms with Crippen LogP contribution in [0.15, 0.2) is 48.5 Å². The smallest absolute Gasteiger partial charge is 0.308 e. The standard InChI is InChI=1S/C16H16O3/c1-12-8-15(10-16(9-12)19-13(2)17)18-11-14-6-4-3-5-7-14/h3-10H,11H2,1-2H3. The van der Waals surface area contributed by atoms with Gasteiger partial charge in [-0.25, -0.2) is 0 Å². The van der Waals surface area contributed by atoms with Gasteiger partial charge < -0.3 is 9.47 Å². The molecular formula is C16H16O3. The van der Waals surface area contributed by atoms with Crippen molar-refractivity contribution in [3.8, 4) is 11.5 Å². The second-order valence-electron chi connectivity index (χ2n) is 4.35. The first kappa shape index (κ1) is 13.1. The highest BCUT2D eigenvalue weighted by Gasteiger charge is 2.03. The van der Waals surface area contributed by atoms with Gasteiger partial charge in [0.25, 0.3) is 0 Å². The van der Waals surface area contributed by atoms with Crippen molar-refractivity contribution in [2.75, 3.05) is 0 Å². The van der Waals surface area contributed by atoms with Gasteiger partial charge in [0.05, 0.1) is 0 Å². The summed E-state index contributed by atoms with van der Waals surface area (Å²) in [5.41, 5.74) is 2.08. The molecule has 0 saturated heterocycles. The van der Waals surface area contributed by atoms with E-state index in [2.05, 4.69) is 0 Å². The van der Waals surface area contributed by atoms with Gasteiger partial charge in [-0.3, -0.25) is 4.79 Å². The first-order valence-electron chi connectivity index (χ1n) is 6.10. The molecule has 3 nitrogen and oxygen atoms in total. The summed E-state index contributed by atoms with van der Waals surface area (Å²) >= 11 is 0. The van der Waals surface area contributed by atoms with E-state index in [9.17, 15) is 4.79 Å². The minimum absolute atomic E-state index is 0.334. The van der Waals surface area contributed by atoms with Crippen LogP contribution < -0.4 is 9.47 Å². The molecule has 0 amide bonds. The number of aryl methyl sites for hydroxylation is 1. The molecule has 0 aliphatic heterocycles. The van der Waals surface area contributed by atoms with E-state index in [1.54, 1.807) is 12.1 Å². The fourth-order valence-electron chi connectivity index (χ4n) is 1.76. The van der Waals surface area contributed by atoms with Crippen LogP contribution >= 0.6 is 0 Å². The number of benzene rings is 2. The van der Waals surface area contributed by atoms with Crippen LogP contribution in [0.4, 0.5) is 0 Å². The van der Waals surface area contributed by atoms with Crippen molar-refractivity contribution in [1.29, 1.82) is 0 Å². The lowest BCUT2D eigenvalue weighted by Crippen LogP contribution is -2.02. The molecule has 2 aromatic rings. The summed E-state index contributed by atoms with van der Waals surface area (Å²) in [5.74, 6) is 0.871. The Labute approximate surface area is 112 Å². The van der Waals surface area contributed by atoms with E-state index in [0.29, 0.717) is 18.1 Å². The van der Waals surface area contributed by atoms with E-state index >= 15 is 0 Å². The molecular weight excluding hydrogens is 240 g/mol. The van der Waals surface area contributed by atoms with Gasteiger partial charge in [0, 0.05) is 13.0 Å². The third-order valence-electron chi connectivity index (χ3n) is 2.53. The molecule has 0 N–H and O–H groups in total. The van der Waals surface area contributed by atoms with Crippen molar-refractivity contribution >= 4 is 5.97 Å². The van der Waals surface area contributed by atoms with E-state index in [1.165, 1.54) is 6.92 Å². The Kier molecular flexibility index (Phi) is 4.18. The molecule has 0 aliphatic rings. The normalized spacial score (nSPS) is 10.0. The maximum absolute atomic E-state index is 11.0. The average Bonchev–Trinajstić information content (AvgIpc) is 2.36. The summed E-state index contributed by atoms with van der Waals surface area (Å²) in [7, 11) is 0. The SMILES string of the molecule is CC(=O)Oc1cc(C)cc(OCc2ccccc2)c1. The van der Waals surface area contributed by atoms with Gasteiger partial charge in [0.15, 0.2) is 0 Å². The number of hydrogen-bond acceptors (Lipinski definition) is 3. The first-order valence-corrected chi connectivity index (χ1v) is 6.10. The van der Waals surface area contributed by atoms with Gasteiger partial charge in [-0.05, 0) is 30.2 Å².